The standard InChI is InChI=1S/C12H18O2S/c13-15(14)11-7-2-1-4-8-12-9-5-3-6-10-12/h3,5-6,9-10H,1-2,4,7-8,11H2,(H,13,14). The van der Waals surface area contributed by atoms with Crippen LogP contribution in [0.3, 0.4) is 0 Å². The van der Waals surface area contributed by atoms with E-state index in [4.69, 9.17) is 4.55 Å². The van der Waals surface area contributed by atoms with Gasteiger partial charge < -0.3 is 4.55 Å². The molecule has 0 aliphatic carbocycles. The first-order chi connectivity index (χ1) is 7.29. The molecular weight excluding hydrogens is 208 g/mol. The van der Waals surface area contributed by atoms with Crippen LogP contribution in [-0.2, 0) is 17.5 Å². The maximum Gasteiger partial charge on any atom is 0.152 e. The zero-order valence-electron chi connectivity index (χ0n) is 8.89. The van der Waals surface area contributed by atoms with Crippen molar-refractivity contribution < 1.29 is 8.76 Å². The van der Waals surface area contributed by atoms with E-state index in [1.165, 1.54) is 12.0 Å². The van der Waals surface area contributed by atoms with Gasteiger partial charge in [0, 0.05) is 5.75 Å². The Morgan fingerprint density at radius 2 is 1.67 bits per heavy atom. The van der Waals surface area contributed by atoms with Crippen molar-refractivity contribution in [2.45, 2.75) is 32.1 Å². The first kappa shape index (κ1) is 12.4. The van der Waals surface area contributed by atoms with Gasteiger partial charge in [-0.25, -0.2) is 4.21 Å². The van der Waals surface area contributed by atoms with Crippen molar-refractivity contribution in [2.24, 2.45) is 0 Å². The van der Waals surface area contributed by atoms with Crippen LogP contribution in [0, 0.1) is 0 Å². The van der Waals surface area contributed by atoms with Crippen molar-refractivity contribution >= 4 is 11.1 Å². The lowest BCUT2D eigenvalue weighted by Crippen LogP contribution is -1.94. The highest BCUT2D eigenvalue weighted by molar-refractivity contribution is 7.79. The minimum absolute atomic E-state index is 0.422. The van der Waals surface area contributed by atoms with Crippen LogP contribution < -0.4 is 0 Å². The third-order valence-corrected chi connectivity index (χ3v) is 3.02. The van der Waals surface area contributed by atoms with E-state index >= 15 is 0 Å². The van der Waals surface area contributed by atoms with Gasteiger partial charge >= 0.3 is 0 Å². The van der Waals surface area contributed by atoms with Crippen molar-refractivity contribution in [3.63, 3.8) is 0 Å². The molecule has 3 heteroatoms. The van der Waals surface area contributed by atoms with E-state index in [0.29, 0.717) is 5.75 Å². The van der Waals surface area contributed by atoms with E-state index in [2.05, 4.69) is 24.3 Å². The predicted octanol–water partition coefficient (Wildman–Crippen LogP) is 3.01. The zero-order valence-corrected chi connectivity index (χ0v) is 9.71. The van der Waals surface area contributed by atoms with Gasteiger partial charge in [0.2, 0.25) is 0 Å². The van der Waals surface area contributed by atoms with Gasteiger partial charge in [0.15, 0.2) is 11.1 Å². The fourth-order valence-electron chi connectivity index (χ4n) is 1.55. The Bertz CT molecular complexity index is 285. The fourth-order valence-corrected chi connectivity index (χ4v) is 2.00. The van der Waals surface area contributed by atoms with Crippen LogP contribution in [0.15, 0.2) is 30.3 Å². The molecule has 0 bridgehead atoms. The van der Waals surface area contributed by atoms with Crippen molar-refractivity contribution in [1.29, 1.82) is 0 Å². The zero-order chi connectivity index (χ0) is 10.9. The van der Waals surface area contributed by atoms with Gasteiger partial charge in [-0.3, -0.25) is 0 Å². The molecule has 1 N–H and O–H groups in total. The van der Waals surface area contributed by atoms with E-state index in [1.54, 1.807) is 0 Å². The Labute approximate surface area is 94.0 Å². The molecule has 0 aliphatic rings. The van der Waals surface area contributed by atoms with E-state index in [9.17, 15) is 4.21 Å². The lowest BCUT2D eigenvalue weighted by Gasteiger charge is -2.00. The van der Waals surface area contributed by atoms with E-state index < -0.39 is 11.1 Å². The third-order valence-electron chi connectivity index (χ3n) is 2.38. The fraction of sp³-hybridized carbons (Fsp3) is 0.500. The molecule has 0 spiro atoms. The molecule has 15 heavy (non-hydrogen) atoms. The molecule has 0 heterocycles. The number of rotatable bonds is 7. The largest absolute Gasteiger partial charge is 0.306 e. The molecule has 0 amide bonds. The summed E-state index contributed by atoms with van der Waals surface area (Å²) in [5.74, 6) is 0.422. The average Bonchev–Trinajstić information content (AvgIpc) is 2.24. The normalized spacial score (nSPS) is 12.6. The highest BCUT2D eigenvalue weighted by Crippen LogP contribution is 2.07. The molecule has 1 unspecified atom stereocenters. The van der Waals surface area contributed by atoms with E-state index in [0.717, 1.165) is 25.7 Å². The van der Waals surface area contributed by atoms with E-state index in [1.807, 2.05) is 6.07 Å². The lowest BCUT2D eigenvalue weighted by molar-refractivity contribution is 0.557. The maximum absolute atomic E-state index is 10.4. The Balaban J connectivity index is 2.00. The van der Waals surface area contributed by atoms with Gasteiger partial charge in [0.05, 0.1) is 0 Å². The molecule has 0 saturated carbocycles. The second-order valence-electron chi connectivity index (χ2n) is 3.68. The highest BCUT2D eigenvalue weighted by atomic mass is 32.2. The van der Waals surface area contributed by atoms with Crippen LogP contribution in [0.25, 0.3) is 0 Å². The summed E-state index contributed by atoms with van der Waals surface area (Å²) in [6.45, 7) is 0. The summed E-state index contributed by atoms with van der Waals surface area (Å²) in [5, 5.41) is 0. The second kappa shape index (κ2) is 7.60. The molecule has 0 radical (unpaired) electrons. The average molecular weight is 226 g/mol. The summed E-state index contributed by atoms with van der Waals surface area (Å²) in [6.07, 6.45) is 5.34. The number of hydrogen-bond donors (Lipinski definition) is 1. The van der Waals surface area contributed by atoms with Gasteiger partial charge in [-0.15, -0.1) is 0 Å². The van der Waals surface area contributed by atoms with Gasteiger partial charge in [-0.1, -0.05) is 43.2 Å². The Kier molecular flexibility index (Phi) is 6.28. The first-order valence-corrected chi connectivity index (χ1v) is 6.68. The molecule has 1 rings (SSSR count). The van der Waals surface area contributed by atoms with Crippen molar-refractivity contribution in [1.82, 2.24) is 0 Å². The van der Waals surface area contributed by atoms with Gasteiger partial charge in [0.25, 0.3) is 0 Å². The molecule has 0 aromatic heterocycles. The summed E-state index contributed by atoms with van der Waals surface area (Å²) in [7, 11) is 0. The lowest BCUT2D eigenvalue weighted by atomic mass is 10.1. The summed E-state index contributed by atoms with van der Waals surface area (Å²) in [4.78, 5) is 0. The molecule has 1 aromatic carbocycles. The van der Waals surface area contributed by atoms with Crippen molar-refractivity contribution in [2.75, 3.05) is 5.75 Å². The smallest absolute Gasteiger partial charge is 0.152 e. The summed E-state index contributed by atoms with van der Waals surface area (Å²) in [6, 6.07) is 10.4. The summed E-state index contributed by atoms with van der Waals surface area (Å²) >= 11 is -1.61. The quantitative estimate of drug-likeness (QED) is 0.573. The Hall–Kier alpha value is -0.670. The summed E-state index contributed by atoms with van der Waals surface area (Å²) in [5.41, 5.74) is 1.38. The Morgan fingerprint density at radius 1 is 1.00 bits per heavy atom. The monoisotopic (exact) mass is 226 g/mol. The molecule has 0 saturated heterocycles. The molecule has 1 aromatic rings. The van der Waals surface area contributed by atoms with Gasteiger partial charge in [-0.05, 0) is 24.8 Å². The SMILES string of the molecule is O=S(O)CCCCCCc1ccccc1. The minimum atomic E-state index is -1.61. The third kappa shape index (κ3) is 6.42. The highest BCUT2D eigenvalue weighted by Gasteiger charge is 1.95. The van der Waals surface area contributed by atoms with Gasteiger partial charge in [-0.2, -0.15) is 0 Å². The van der Waals surface area contributed by atoms with Gasteiger partial charge in [0.1, 0.15) is 0 Å². The van der Waals surface area contributed by atoms with Crippen LogP contribution in [-0.4, -0.2) is 14.5 Å². The van der Waals surface area contributed by atoms with Crippen LogP contribution in [0.2, 0.25) is 0 Å². The number of benzene rings is 1. The minimum Gasteiger partial charge on any atom is -0.306 e. The number of unbranched alkanes of at least 4 members (excludes halogenated alkanes) is 3. The molecule has 0 aliphatic heterocycles. The van der Waals surface area contributed by atoms with E-state index in [-0.39, 0.29) is 0 Å². The number of aryl methyl sites for hydroxylation is 1. The maximum atomic E-state index is 10.4. The van der Waals surface area contributed by atoms with Crippen LogP contribution in [0.1, 0.15) is 31.2 Å². The summed E-state index contributed by atoms with van der Waals surface area (Å²) < 4.78 is 18.9. The molecular formula is C12H18O2S. The second-order valence-corrected chi connectivity index (χ2v) is 4.73. The molecule has 1 atom stereocenters. The molecule has 2 nitrogen and oxygen atoms in total. The Morgan fingerprint density at radius 3 is 2.33 bits per heavy atom. The molecule has 0 fully saturated rings. The first-order valence-electron chi connectivity index (χ1n) is 5.40. The van der Waals surface area contributed by atoms with Crippen molar-refractivity contribution in [3.05, 3.63) is 35.9 Å². The predicted molar refractivity (Wildman–Crippen MR) is 64.3 cm³/mol. The van der Waals surface area contributed by atoms with Crippen LogP contribution in [0.4, 0.5) is 0 Å². The van der Waals surface area contributed by atoms with Crippen LogP contribution >= 0.6 is 0 Å². The van der Waals surface area contributed by atoms with Crippen LogP contribution in [0.5, 0.6) is 0 Å². The number of hydrogen-bond acceptors (Lipinski definition) is 1. The van der Waals surface area contributed by atoms with Crippen molar-refractivity contribution in [3.8, 4) is 0 Å². The topological polar surface area (TPSA) is 37.3 Å². The molecule has 84 valence electrons.